The molecule has 1 aromatic heterocycles. The van der Waals surface area contributed by atoms with Gasteiger partial charge in [-0.2, -0.15) is 0 Å². The highest BCUT2D eigenvalue weighted by Crippen LogP contribution is 2.31. The first-order valence-corrected chi connectivity index (χ1v) is 11.5. The van der Waals surface area contributed by atoms with E-state index >= 15 is 0 Å². The van der Waals surface area contributed by atoms with Crippen LogP contribution in [-0.2, 0) is 20.6 Å². The number of aliphatic hydroxyl groups is 3. The summed E-state index contributed by atoms with van der Waals surface area (Å²) in [6.07, 6.45) is -14.0. The minimum Gasteiger partial charge on any atom is -0.491 e. The van der Waals surface area contributed by atoms with Gasteiger partial charge in [-0.05, 0) is 59.1 Å². The lowest BCUT2D eigenvalue weighted by Gasteiger charge is -2.39. The van der Waals surface area contributed by atoms with Crippen molar-refractivity contribution in [1.82, 2.24) is 9.78 Å². The van der Waals surface area contributed by atoms with E-state index in [4.69, 9.17) is 31.3 Å². The number of nitrogens with zero attached hydrogens (tertiary/aromatic N) is 2. The molecule has 206 valence electrons. The fourth-order valence-electron chi connectivity index (χ4n) is 3.53. The molecule has 1 saturated heterocycles. The van der Waals surface area contributed by atoms with Crippen LogP contribution in [-0.4, -0.2) is 81.3 Å². The predicted molar refractivity (Wildman–Crippen MR) is 133 cm³/mol. The summed E-state index contributed by atoms with van der Waals surface area (Å²) in [5, 5.41) is 35.7. The van der Waals surface area contributed by atoms with E-state index in [9.17, 15) is 20.1 Å². The molecule has 5 atom stereocenters. The van der Waals surface area contributed by atoms with Gasteiger partial charge in [-0.15, -0.1) is 5.10 Å². The molecule has 0 saturated carbocycles. The molecule has 0 radical (unpaired) electrons. The Morgan fingerprint density at radius 3 is 2.51 bits per heavy atom. The maximum Gasteiger partial charge on any atom is 0.508 e. The highest BCUT2D eigenvalue weighted by Gasteiger charge is 2.46. The largest absolute Gasteiger partial charge is 0.508 e. The number of hydrogen-bond acceptors (Lipinski definition) is 10. The molecule has 2 heterocycles. The average molecular weight is 532 g/mol. The van der Waals surface area contributed by atoms with E-state index < -0.39 is 87.1 Å². The van der Waals surface area contributed by atoms with Crippen LogP contribution in [0.1, 0.15) is 69.7 Å². The van der Waals surface area contributed by atoms with Gasteiger partial charge in [0.05, 0.1) is 14.1 Å². The maximum atomic E-state index is 11.7. The third kappa shape index (κ3) is 7.13. The number of carbonyl (C=O) groups excluding carboxylic acids is 1. The lowest BCUT2D eigenvalue weighted by molar-refractivity contribution is -0.278. The molecule has 11 nitrogen and oxygen atoms in total. The zero-order valence-corrected chi connectivity index (χ0v) is 20.9. The molecule has 1 aliphatic heterocycles. The van der Waals surface area contributed by atoms with E-state index in [0.717, 1.165) is 0 Å². The SMILES string of the molecule is [2H]C(C)(C)Oc1ccc(C([2H])([2H])c2c(O[C@@H]3O[C@H](COC(=O)OCC)[C@@H](O)[C@H](O)[C@H]3O)nn(C(C([2H])([2H])[2H])C([2H])([2H])[2H])c2C)cc1. The van der Waals surface area contributed by atoms with Crippen LogP contribution in [0.4, 0.5) is 4.79 Å². The van der Waals surface area contributed by atoms with Crippen molar-refractivity contribution in [3.05, 3.63) is 41.1 Å². The lowest BCUT2D eigenvalue weighted by Crippen LogP contribution is -2.60. The maximum absolute atomic E-state index is 11.7. The first-order valence-electron chi connectivity index (χ1n) is 16.0. The second kappa shape index (κ2) is 12.6. The third-order valence-electron chi connectivity index (χ3n) is 5.33. The van der Waals surface area contributed by atoms with Crippen molar-refractivity contribution in [2.45, 2.75) is 90.6 Å². The Labute approximate surface area is 229 Å². The van der Waals surface area contributed by atoms with E-state index in [1.807, 2.05) is 0 Å². The second-order valence-corrected chi connectivity index (χ2v) is 8.40. The van der Waals surface area contributed by atoms with Gasteiger partial charge in [0.2, 0.25) is 12.2 Å². The molecule has 1 aliphatic rings. The molecule has 1 aromatic carbocycles. The monoisotopic (exact) mass is 531 g/mol. The summed E-state index contributed by atoms with van der Waals surface area (Å²) in [6, 6.07) is 3.22. The fourth-order valence-corrected chi connectivity index (χ4v) is 3.53. The molecule has 0 aliphatic carbocycles. The van der Waals surface area contributed by atoms with Crippen molar-refractivity contribution in [3.63, 3.8) is 0 Å². The summed E-state index contributed by atoms with van der Waals surface area (Å²) in [5.74, 6) is -0.443. The average Bonchev–Trinajstić information content (AvgIpc) is 3.21. The number of aromatic nitrogens is 2. The van der Waals surface area contributed by atoms with Gasteiger partial charge in [0.1, 0.15) is 36.8 Å². The van der Waals surface area contributed by atoms with Crippen molar-refractivity contribution < 1.29 is 56.1 Å². The summed E-state index contributed by atoms with van der Waals surface area (Å²) in [4.78, 5) is 11.7. The predicted octanol–water partition coefficient (Wildman–Crippen LogP) is 2.51. The number of carbonyl (C=O) groups is 1. The van der Waals surface area contributed by atoms with Crippen LogP contribution in [0.15, 0.2) is 24.3 Å². The van der Waals surface area contributed by atoms with E-state index in [0.29, 0.717) is 4.68 Å². The summed E-state index contributed by atoms with van der Waals surface area (Å²) >= 11 is 0. The molecule has 37 heavy (non-hydrogen) atoms. The number of hydrogen-bond donors (Lipinski definition) is 3. The van der Waals surface area contributed by atoms with E-state index in [-0.39, 0.29) is 23.6 Å². The van der Waals surface area contributed by atoms with Gasteiger partial charge in [0.15, 0.2) is 0 Å². The van der Waals surface area contributed by atoms with Crippen LogP contribution in [0, 0.1) is 6.92 Å². The Bertz CT molecular complexity index is 1330. The van der Waals surface area contributed by atoms with E-state index in [1.165, 1.54) is 52.0 Å². The first-order chi connectivity index (χ1) is 21.0. The summed E-state index contributed by atoms with van der Waals surface area (Å²) in [6.45, 7) is -1.21. The molecule has 0 spiro atoms. The van der Waals surface area contributed by atoms with Crippen LogP contribution < -0.4 is 9.47 Å². The van der Waals surface area contributed by atoms with Crippen molar-refractivity contribution in [1.29, 1.82) is 0 Å². The second-order valence-electron chi connectivity index (χ2n) is 8.40. The number of rotatable bonds is 10. The topological polar surface area (TPSA) is 142 Å². The smallest absolute Gasteiger partial charge is 0.491 e. The van der Waals surface area contributed by atoms with Gasteiger partial charge in [-0.25, -0.2) is 4.79 Å². The summed E-state index contributed by atoms with van der Waals surface area (Å²) in [5.41, 5.74) is -0.718. The molecule has 3 N–H and O–H groups in total. The molecule has 11 heteroatoms. The Balaban J connectivity index is 2.12. The molecular formula is C26H38N2O9. The minimum absolute atomic E-state index is 0.0157. The zero-order valence-electron chi connectivity index (χ0n) is 29.9. The summed E-state index contributed by atoms with van der Waals surface area (Å²) in [7, 11) is 0. The van der Waals surface area contributed by atoms with Crippen LogP contribution in [0.25, 0.3) is 0 Å². The molecule has 3 rings (SSSR count). The Morgan fingerprint density at radius 1 is 1.19 bits per heavy atom. The van der Waals surface area contributed by atoms with Gasteiger partial charge in [-0.1, -0.05) is 12.1 Å². The Morgan fingerprint density at radius 2 is 1.89 bits per heavy atom. The highest BCUT2D eigenvalue weighted by atomic mass is 16.7. The molecule has 2 aromatic rings. The van der Waals surface area contributed by atoms with Crippen molar-refractivity contribution in [2.75, 3.05) is 13.2 Å². The van der Waals surface area contributed by atoms with Gasteiger partial charge in [0, 0.05) is 34.6 Å². The van der Waals surface area contributed by atoms with Gasteiger partial charge < -0.3 is 39.0 Å². The molecule has 0 bridgehead atoms. The van der Waals surface area contributed by atoms with Gasteiger partial charge in [0.25, 0.3) is 0 Å². The lowest BCUT2D eigenvalue weighted by atomic mass is 9.99. The summed E-state index contributed by atoms with van der Waals surface area (Å²) < 4.78 is 100. The van der Waals surface area contributed by atoms with Crippen LogP contribution in [0.2, 0.25) is 0 Å². The molecular weight excluding hydrogens is 484 g/mol. The Hall–Kier alpha value is -2.86. The quantitative estimate of drug-likeness (QED) is 0.392. The molecule has 1 fully saturated rings. The minimum atomic E-state index is -3.15. The molecule has 0 amide bonds. The van der Waals surface area contributed by atoms with Crippen molar-refractivity contribution in [2.24, 2.45) is 0 Å². The van der Waals surface area contributed by atoms with Crippen molar-refractivity contribution >= 4 is 6.16 Å². The van der Waals surface area contributed by atoms with Crippen LogP contribution >= 0.6 is 0 Å². The van der Waals surface area contributed by atoms with Crippen LogP contribution in [0.3, 0.4) is 0 Å². The number of ether oxygens (including phenoxy) is 5. The normalized spacial score (nSPS) is 28.8. The third-order valence-corrected chi connectivity index (χ3v) is 5.33. The standard InChI is InChI=1S/C26H38N2O9/c1-7-33-26(32)34-13-20-21(29)22(30)23(31)25(36-20)37-24-19(16(6)28(27-24)14(2)3)12-17-8-10-18(11-9-17)35-15(4)5/h8-11,14-15,20-23,25,29-31H,7,12-13H2,1-6H3/t20-,21-,22+,23-,25+/m1/s1/i2D3,3D3,12D2,15D. The fraction of sp³-hybridized carbons (Fsp3) is 0.615. The Kier molecular flexibility index (Phi) is 6.26. The first kappa shape index (κ1) is 18.4. The van der Waals surface area contributed by atoms with Crippen molar-refractivity contribution in [3.8, 4) is 11.6 Å². The van der Waals surface area contributed by atoms with Gasteiger partial charge >= 0.3 is 6.16 Å². The molecule has 0 unspecified atom stereocenters. The number of benzene rings is 1. The van der Waals surface area contributed by atoms with E-state index in [1.54, 1.807) is 0 Å². The number of aliphatic hydroxyl groups excluding tert-OH is 3. The zero-order chi connectivity index (χ0) is 35.0. The highest BCUT2D eigenvalue weighted by molar-refractivity contribution is 5.59. The van der Waals surface area contributed by atoms with E-state index in [2.05, 4.69) is 9.84 Å². The van der Waals surface area contributed by atoms with Gasteiger partial charge in [-0.3, -0.25) is 4.68 Å². The van der Waals surface area contributed by atoms with Crippen LogP contribution in [0.5, 0.6) is 11.6 Å².